The minimum Gasteiger partial charge on any atom is -0.332 e. The molecule has 6 nitrogen and oxygen atoms in total. The molecule has 1 unspecified atom stereocenters. The Kier molecular flexibility index (Phi) is 3.85. The van der Waals surface area contributed by atoms with Crippen molar-refractivity contribution in [2.75, 3.05) is 13.1 Å². The Morgan fingerprint density at radius 2 is 2.22 bits per heavy atom. The van der Waals surface area contributed by atoms with Crippen molar-refractivity contribution in [1.82, 2.24) is 25.7 Å². The molecular formula is C16H16ClN5O. The third kappa shape index (κ3) is 3.00. The molecule has 4 rings (SSSR count). The normalized spacial score (nSPS) is 17.7. The topological polar surface area (TPSA) is 79.6 Å². The molecule has 1 atom stereocenters. The summed E-state index contributed by atoms with van der Waals surface area (Å²) in [4.78, 5) is 4.42. The van der Waals surface area contributed by atoms with Crippen molar-refractivity contribution in [2.45, 2.75) is 18.8 Å². The number of hydrogen-bond acceptors (Lipinski definition) is 5. The van der Waals surface area contributed by atoms with Crippen LogP contribution in [0.15, 0.2) is 34.9 Å². The third-order valence-corrected chi connectivity index (χ3v) is 4.46. The molecule has 2 N–H and O–H groups in total. The summed E-state index contributed by atoms with van der Waals surface area (Å²) in [6.45, 7) is 2.02. The minimum absolute atomic E-state index is 0.431. The molecular weight excluding hydrogens is 314 g/mol. The number of rotatable bonds is 4. The standard InChI is InChI=1S/C16H16ClN5O/c17-12-4-2-1-3-10(12)7-15-19-16(23-22-15)14-8-13(20-21-14)11-5-6-18-9-11/h1-4,8,11,18H,5-7,9H2,(H,20,21). The van der Waals surface area contributed by atoms with Crippen molar-refractivity contribution in [3.8, 4) is 11.6 Å². The summed E-state index contributed by atoms with van der Waals surface area (Å²) in [6.07, 6.45) is 1.65. The number of aromatic nitrogens is 4. The summed E-state index contributed by atoms with van der Waals surface area (Å²) in [5, 5.41) is 15.4. The van der Waals surface area contributed by atoms with Crippen LogP contribution in [0.3, 0.4) is 0 Å². The van der Waals surface area contributed by atoms with Crippen LogP contribution < -0.4 is 5.32 Å². The predicted octanol–water partition coefficient (Wildman–Crippen LogP) is 2.78. The molecule has 0 saturated carbocycles. The molecule has 3 heterocycles. The third-order valence-electron chi connectivity index (χ3n) is 4.09. The number of aromatic amines is 1. The fraction of sp³-hybridized carbons (Fsp3) is 0.312. The first-order chi connectivity index (χ1) is 11.3. The highest BCUT2D eigenvalue weighted by atomic mass is 35.5. The van der Waals surface area contributed by atoms with Gasteiger partial charge in [-0.1, -0.05) is 35.0 Å². The average molecular weight is 330 g/mol. The number of hydrogen-bond donors (Lipinski definition) is 2. The van der Waals surface area contributed by atoms with Crippen LogP contribution in [0.25, 0.3) is 11.6 Å². The Hall–Kier alpha value is -2.18. The molecule has 3 aromatic rings. The van der Waals surface area contributed by atoms with Gasteiger partial charge < -0.3 is 9.84 Å². The molecule has 7 heteroatoms. The number of H-pyrrole nitrogens is 1. The molecule has 0 spiro atoms. The molecule has 23 heavy (non-hydrogen) atoms. The first kappa shape index (κ1) is 14.4. The number of halogens is 1. The Bertz CT molecular complexity index is 806. The molecule has 0 bridgehead atoms. The highest BCUT2D eigenvalue weighted by Gasteiger charge is 2.21. The van der Waals surface area contributed by atoms with Gasteiger partial charge in [-0.2, -0.15) is 10.1 Å². The number of nitrogens with one attached hydrogen (secondary N) is 2. The van der Waals surface area contributed by atoms with Crippen molar-refractivity contribution in [3.05, 3.63) is 52.4 Å². The van der Waals surface area contributed by atoms with E-state index in [1.807, 2.05) is 30.3 Å². The molecule has 1 aliphatic rings. The number of nitrogens with zero attached hydrogens (tertiary/aromatic N) is 3. The summed E-state index contributed by atoms with van der Waals surface area (Å²) in [7, 11) is 0. The maximum atomic E-state index is 6.16. The maximum absolute atomic E-state index is 6.16. The van der Waals surface area contributed by atoms with Crippen LogP contribution >= 0.6 is 11.6 Å². The van der Waals surface area contributed by atoms with Gasteiger partial charge in [-0.15, -0.1) is 0 Å². The van der Waals surface area contributed by atoms with E-state index in [1.165, 1.54) is 0 Å². The van der Waals surface area contributed by atoms with Gasteiger partial charge in [-0.3, -0.25) is 5.10 Å². The van der Waals surface area contributed by atoms with Crippen LogP contribution in [0.4, 0.5) is 0 Å². The van der Waals surface area contributed by atoms with Gasteiger partial charge in [0, 0.05) is 29.6 Å². The number of benzene rings is 1. The van der Waals surface area contributed by atoms with Gasteiger partial charge in [-0.25, -0.2) is 0 Å². The second-order valence-corrected chi connectivity index (χ2v) is 6.09. The molecule has 0 radical (unpaired) electrons. The highest BCUT2D eigenvalue weighted by molar-refractivity contribution is 6.31. The first-order valence-electron chi connectivity index (χ1n) is 7.62. The molecule has 118 valence electrons. The van der Waals surface area contributed by atoms with Gasteiger partial charge in [0.2, 0.25) is 0 Å². The van der Waals surface area contributed by atoms with Gasteiger partial charge >= 0.3 is 0 Å². The fourth-order valence-electron chi connectivity index (χ4n) is 2.82. The van der Waals surface area contributed by atoms with Crippen molar-refractivity contribution >= 4 is 11.6 Å². The molecule has 1 aliphatic heterocycles. The summed E-state index contributed by atoms with van der Waals surface area (Å²) in [6, 6.07) is 9.64. The predicted molar refractivity (Wildman–Crippen MR) is 86.4 cm³/mol. The van der Waals surface area contributed by atoms with Gasteiger partial charge in [-0.05, 0) is 30.7 Å². The van der Waals surface area contributed by atoms with Gasteiger partial charge in [0.15, 0.2) is 11.5 Å². The zero-order chi connectivity index (χ0) is 15.6. The SMILES string of the molecule is Clc1ccccc1Cc1noc(-c2cc(C3CCNC3)[nH]n2)n1. The molecule has 2 aromatic heterocycles. The van der Waals surface area contributed by atoms with Crippen LogP contribution in [0.2, 0.25) is 5.02 Å². The molecule has 0 aliphatic carbocycles. The Labute approximate surface area is 138 Å². The largest absolute Gasteiger partial charge is 0.332 e. The minimum atomic E-state index is 0.431. The average Bonchev–Trinajstić information content (AvgIpc) is 3.30. The first-order valence-corrected chi connectivity index (χ1v) is 8.00. The lowest BCUT2D eigenvalue weighted by molar-refractivity contribution is 0.422. The maximum Gasteiger partial charge on any atom is 0.278 e. The van der Waals surface area contributed by atoms with E-state index >= 15 is 0 Å². The van der Waals surface area contributed by atoms with E-state index < -0.39 is 0 Å². The van der Waals surface area contributed by atoms with E-state index in [0.717, 1.165) is 30.8 Å². The second-order valence-electron chi connectivity index (χ2n) is 5.68. The summed E-state index contributed by atoms with van der Waals surface area (Å²) < 4.78 is 5.34. The molecule has 0 amide bonds. The summed E-state index contributed by atoms with van der Waals surface area (Å²) >= 11 is 6.16. The van der Waals surface area contributed by atoms with Crippen LogP contribution in [0.1, 0.15) is 29.4 Å². The van der Waals surface area contributed by atoms with E-state index in [-0.39, 0.29) is 0 Å². The van der Waals surface area contributed by atoms with E-state index in [2.05, 4.69) is 25.7 Å². The molecule has 1 saturated heterocycles. The molecule has 1 fully saturated rings. The van der Waals surface area contributed by atoms with Crippen LogP contribution in [0.5, 0.6) is 0 Å². The van der Waals surface area contributed by atoms with Crippen LogP contribution in [-0.2, 0) is 6.42 Å². The summed E-state index contributed by atoms with van der Waals surface area (Å²) in [5.41, 5.74) is 2.77. The van der Waals surface area contributed by atoms with Crippen LogP contribution in [0, 0.1) is 0 Å². The Balaban J connectivity index is 1.52. The lowest BCUT2D eigenvalue weighted by Gasteiger charge is -2.02. The smallest absolute Gasteiger partial charge is 0.278 e. The zero-order valence-electron chi connectivity index (χ0n) is 12.4. The molecule has 1 aromatic carbocycles. The zero-order valence-corrected chi connectivity index (χ0v) is 13.2. The van der Waals surface area contributed by atoms with Gasteiger partial charge in [0.25, 0.3) is 5.89 Å². The van der Waals surface area contributed by atoms with E-state index in [0.29, 0.717) is 34.8 Å². The lowest BCUT2D eigenvalue weighted by Crippen LogP contribution is -2.08. The van der Waals surface area contributed by atoms with Crippen molar-refractivity contribution in [3.63, 3.8) is 0 Å². The second kappa shape index (κ2) is 6.14. The van der Waals surface area contributed by atoms with Crippen molar-refractivity contribution < 1.29 is 4.52 Å². The van der Waals surface area contributed by atoms with Gasteiger partial charge in [0.1, 0.15) is 0 Å². The fourth-order valence-corrected chi connectivity index (χ4v) is 3.02. The monoisotopic (exact) mass is 329 g/mol. The lowest BCUT2D eigenvalue weighted by atomic mass is 10.1. The quantitative estimate of drug-likeness (QED) is 0.769. The Morgan fingerprint density at radius 3 is 3.04 bits per heavy atom. The van der Waals surface area contributed by atoms with Crippen molar-refractivity contribution in [1.29, 1.82) is 0 Å². The summed E-state index contributed by atoms with van der Waals surface area (Å²) in [5.74, 6) is 1.50. The van der Waals surface area contributed by atoms with Crippen molar-refractivity contribution in [2.24, 2.45) is 0 Å². The van der Waals surface area contributed by atoms with Gasteiger partial charge in [0.05, 0.1) is 0 Å². The van der Waals surface area contributed by atoms with E-state index in [1.54, 1.807) is 0 Å². The Morgan fingerprint density at radius 1 is 1.30 bits per heavy atom. The van der Waals surface area contributed by atoms with E-state index in [4.69, 9.17) is 16.1 Å². The van der Waals surface area contributed by atoms with Crippen LogP contribution in [-0.4, -0.2) is 33.4 Å². The highest BCUT2D eigenvalue weighted by Crippen LogP contribution is 2.25. The van der Waals surface area contributed by atoms with E-state index in [9.17, 15) is 0 Å².